The fourth-order valence-corrected chi connectivity index (χ4v) is 1.86. The van der Waals surface area contributed by atoms with Crippen LogP contribution in [0.3, 0.4) is 0 Å². The van der Waals surface area contributed by atoms with Gasteiger partial charge in [0.25, 0.3) is 0 Å². The lowest BCUT2D eigenvalue weighted by Crippen LogP contribution is -2.04. The normalized spacial score (nSPS) is 10.8. The van der Waals surface area contributed by atoms with Gasteiger partial charge in [-0.25, -0.2) is 9.97 Å². The average Bonchev–Trinajstić information content (AvgIpc) is 2.36. The first kappa shape index (κ1) is 13.8. The summed E-state index contributed by atoms with van der Waals surface area (Å²) in [5.74, 6) is 2.01. The second kappa shape index (κ2) is 6.02. The average molecular weight is 277 g/mol. The summed E-state index contributed by atoms with van der Waals surface area (Å²) in [5, 5.41) is 0.461. The molecule has 0 aliphatic carbocycles. The Hall–Kier alpha value is -1.61. The molecule has 0 saturated carbocycles. The topological polar surface area (TPSA) is 35.0 Å². The van der Waals surface area contributed by atoms with Crippen LogP contribution in [0, 0.1) is 12.8 Å². The van der Waals surface area contributed by atoms with E-state index in [1.807, 2.05) is 31.2 Å². The van der Waals surface area contributed by atoms with Crippen LogP contribution in [0.15, 0.2) is 30.3 Å². The van der Waals surface area contributed by atoms with Crippen LogP contribution in [0.25, 0.3) is 11.4 Å². The molecule has 2 aromatic rings. The molecular weight excluding hydrogens is 260 g/mol. The summed E-state index contributed by atoms with van der Waals surface area (Å²) in [4.78, 5) is 8.59. The van der Waals surface area contributed by atoms with Crippen LogP contribution < -0.4 is 4.74 Å². The third kappa shape index (κ3) is 3.93. The minimum absolute atomic E-state index is 0.461. The predicted octanol–water partition coefficient (Wildman–Crippen LogP) is 4.14. The molecule has 0 amide bonds. The van der Waals surface area contributed by atoms with Gasteiger partial charge in [-0.15, -0.1) is 0 Å². The molecular formula is C15H17ClN2O. The van der Waals surface area contributed by atoms with Crippen LogP contribution in [-0.2, 0) is 0 Å². The Balaban J connectivity index is 2.17. The van der Waals surface area contributed by atoms with Gasteiger partial charge in [0, 0.05) is 11.3 Å². The quantitative estimate of drug-likeness (QED) is 0.787. The van der Waals surface area contributed by atoms with Gasteiger partial charge in [0.05, 0.1) is 6.61 Å². The van der Waals surface area contributed by atoms with E-state index < -0.39 is 0 Å². The van der Waals surface area contributed by atoms with Crippen molar-refractivity contribution >= 4 is 11.6 Å². The van der Waals surface area contributed by atoms with Gasteiger partial charge in [-0.1, -0.05) is 25.4 Å². The summed E-state index contributed by atoms with van der Waals surface area (Å²) >= 11 is 5.94. The number of nitrogens with zero attached hydrogens (tertiary/aromatic N) is 2. The highest BCUT2D eigenvalue weighted by Crippen LogP contribution is 2.21. The molecule has 0 aliphatic rings. The maximum absolute atomic E-state index is 5.94. The van der Waals surface area contributed by atoms with Gasteiger partial charge in [0.1, 0.15) is 10.9 Å². The first-order chi connectivity index (χ1) is 9.04. The van der Waals surface area contributed by atoms with E-state index in [0.29, 0.717) is 23.5 Å². The van der Waals surface area contributed by atoms with Crippen molar-refractivity contribution < 1.29 is 4.74 Å². The van der Waals surface area contributed by atoms with Crippen molar-refractivity contribution in [2.24, 2.45) is 5.92 Å². The maximum atomic E-state index is 5.94. The molecule has 0 bridgehead atoms. The Kier molecular flexibility index (Phi) is 4.38. The molecule has 100 valence electrons. The second-order valence-corrected chi connectivity index (χ2v) is 5.27. The van der Waals surface area contributed by atoms with Gasteiger partial charge in [0.2, 0.25) is 0 Å². The predicted molar refractivity (Wildman–Crippen MR) is 77.5 cm³/mol. The number of halogens is 1. The van der Waals surface area contributed by atoms with Gasteiger partial charge in [-0.2, -0.15) is 0 Å². The van der Waals surface area contributed by atoms with E-state index in [4.69, 9.17) is 16.3 Å². The summed E-state index contributed by atoms with van der Waals surface area (Å²) in [7, 11) is 0. The molecule has 0 fully saturated rings. The van der Waals surface area contributed by atoms with Crippen LogP contribution in [0.1, 0.15) is 19.5 Å². The Morgan fingerprint density at radius 1 is 1.16 bits per heavy atom. The number of aromatic nitrogens is 2. The molecule has 0 N–H and O–H groups in total. The van der Waals surface area contributed by atoms with Crippen molar-refractivity contribution in [3.05, 3.63) is 41.2 Å². The summed E-state index contributed by atoms with van der Waals surface area (Å²) in [5.41, 5.74) is 1.79. The van der Waals surface area contributed by atoms with E-state index in [-0.39, 0.29) is 0 Å². The number of ether oxygens (including phenoxy) is 1. The minimum Gasteiger partial charge on any atom is -0.493 e. The lowest BCUT2D eigenvalue weighted by molar-refractivity contribution is 0.271. The molecule has 0 radical (unpaired) electrons. The van der Waals surface area contributed by atoms with Crippen LogP contribution in [0.5, 0.6) is 5.75 Å². The standard InChI is InChI=1S/C15H17ClN2O/c1-10(2)9-19-13-6-4-12(5-7-13)15-17-11(3)8-14(16)18-15/h4-8,10H,9H2,1-3H3. The zero-order chi connectivity index (χ0) is 13.8. The van der Waals surface area contributed by atoms with Crippen molar-refractivity contribution in [2.45, 2.75) is 20.8 Å². The number of hydrogen-bond donors (Lipinski definition) is 0. The lowest BCUT2D eigenvalue weighted by atomic mass is 10.2. The first-order valence-corrected chi connectivity index (χ1v) is 6.67. The second-order valence-electron chi connectivity index (χ2n) is 4.88. The Labute approximate surface area is 118 Å². The Morgan fingerprint density at radius 3 is 2.42 bits per heavy atom. The maximum Gasteiger partial charge on any atom is 0.161 e. The monoisotopic (exact) mass is 276 g/mol. The van der Waals surface area contributed by atoms with E-state index in [9.17, 15) is 0 Å². The number of benzene rings is 1. The first-order valence-electron chi connectivity index (χ1n) is 6.29. The highest BCUT2D eigenvalue weighted by atomic mass is 35.5. The fourth-order valence-electron chi connectivity index (χ4n) is 1.62. The highest BCUT2D eigenvalue weighted by molar-refractivity contribution is 6.29. The van der Waals surface area contributed by atoms with E-state index in [1.165, 1.54) is 0 Å². The van der Waals surface area contributed by atoms with Gasteiger partial charge < -0.3 is 4.74 Å². The summed E-state index contributed by atoms with van der Waals surface area (Å²) < 4.78 is 5.64. The van der Waals surface area contributed by atoms with E-state index in [1.54, 1.807) is 6.07 Å². The van der Waals surface area contributed by atoms with Crippen molar-refractivity contribution in [2.75, 3.05) is 6.61 Å². The highest BCUT2D eigenvalue weighted by Gasteiger charge is 2.04. The van der Waals surface area contributed by atoms with Crippen molar-refractivity contribution in [1.29, 1.82) is 0 Å². The van der Waals surface area contributed by atoms with Crippen molar-refractivity contribution in [3.8, 4) is 17.1 Å². The smallest absolute Gasteiger partial charge is 0.161 e. The molecule has 3 nitrogen and oxygen atoms in total. The Morgan fingerprint density at radius 2 is 1.84 bits per heavy atom. The molecule has 2 rings (SSSR count). The van der Waals surface area contributed by atoms with Crippen LogP contribution in [0.4, 0.5) is 0 Å². The van der Waals surface area contributed by atoms with Crippen molar-refractivity contribution in [3.63, 3.8) is 0 Å². The fraction of sp³-hybridized carbons (Fsp3) is 0.333. The summed E-state index contributed by atoms with van der Waals surface area (Å²) in [6.07, 6.45) is 0. The summed E-state index contributed by atoms with van der Waals surface area (Å²) in [6.45, 7) is 6.86. The largest absolute Gasteiger partial charge is 0.493 e. The minimum atomic E-state index is 0.461. The van der Waals surface area contributed by atoms with E-state index >= 15 is 0 Å². The molecule has 0 aliphatic heterocycles. The van der Waals surface area contributed by atoms with E-state index in [2.05, 4.69) is 23.8 Å². The van der Waals surface area contributed by atoms with Gasteiger partial charge in [0.15, 0.2) is 5.82 Å². The third-order valence-corrected chi connectivity index (χ3v) is 2.71. The van der Waals surface area contributed by atoms with Gasteiger partial charge in [-0.3, -0.25) is 0 Å². The molecule has 1 aromatic carbocycles. The van der Waals surface area contributed by atoms with Gasteiger partial charge >= 0.3 is 0 Å². The number of aryl methyl sites for hydroxylation is 1. The number of rotatable bonds is 4. The molecule has 0 spiro atoms. The zero-order valence-corrected chi connectivity index (χ0v) is 12.1. The molecule has 0 atom stereocenters. The third-order valence-electron chi connectivity index (χ3n) is 2.52. The number of hydrogen-bond acceptors (Lipinski definition) is 3. The molecule has 1 heterocycles. The van der Waals surface area contributed by atoms with Crippen molar-refractivity contribution in [1.82, 2.24) is 9.97 Å². The zero-order valence-electron chi connectivity index (χ0n) is 11.4. The van der Waals surface area contributed by atoms with Crippen LogP contribution in [0.2, 0.25) is 5.15 Å². The molecule has 1 aromatic heterocycles. The Bertz CT molecular complexity index is 532. The lowest BCUT2D eigenvalue weighted by Gasteiger charge is -2.09. The molecule has 19 heavy (non-hydrogen) atoms. The van der Waals surface area contributed by atoms with E-state index in [0.717, 1.165) is 17.0 Å². The van der Waals surface area contributed by atoms with Crippen LogP contribution in [-0.4, -0.2) is 16.6 Å². The van der Waals surface area contributed by atoms with Gasteiger partial charge in [-0.05, 0) is 43.2 Å². The SMILES string of the molecule is Cc1cc(Cl)nc(-c2ccc(OCC(C)C)cc2)n1. The molecule has 0 saturated heterocycles. The van der Waals surface area contributed by atoms with Crippen LogP contribution >= 0.6 is 11.6 Å². The molecule has 0 unspecified atom stereocenters. The molecule has 4 heteroatoms. The summed E-state index contributed by atoms with van der Waals surface area (Å²) in [6, 6.07) is 9.49.